The number of benzene rings is 12. The van der Waals surface area contributed by atoms with Crippen LogP contribution >= 0.6 is 0 Å². The lowest BCUT2D eigenvalue weighted by molar-refractivity contribution is 0.590. The molecule has 0 radical (unpaired) electrons. The predicted molar refractivity (Wildman–Crippen MR) is 355 cm³/mol. The Labute approximate surface area is 485 Å². The molecule has 4 heteroatoms. The molecule has 0 bridgehead atoms. The summed E-state index contributed by atoms with van der Waals surface area (Å²) in [5.41, 5.74) is 20.6. The van der Waals surface area contributed by atoms with Gasteiger partial charge in [0.15, 0.2) is 0 Å². The molecule has 0 fully saturated rings. The number of nitrogens with one attached hydrogen (secondary N) is 3. The average molecular weight is 1070 g/mol. The molecule has 0 amide bonds. The molecule has 0 spiro atoms. The van der Waals surface area contributed by atoms with Crippen LogP contribution < -0.4 is 20.9 Å². The van der Waals surface area contributed by atoms with Crippen molar-refractivity contribution in [1.29, 1.82) is 0 Å². The first-order chi connectivity index (χ1) is 39.5. The van der Waals surface area contributed by atoms with Crippen LogP contribution in [0.25, 0.3) is 65.7 Å². The van der Waals surface area contributed by atoms with Gasteiger partial charge in [-0.3, -0.25) is 0 Å². The van der Waals surface area contributed by atoms with Crippen molar-refractivity contribution in [2.75, 3.05) is 20.9 Å². The van der Waals surface area contributed by atoms with Crippen molar-refractivity contribution in [1.82, 2.24) is 0 Å². The molecular formula is C78H72N4. The molecule has 0 aliphatic rings. The summed E-state index contributed by atoms with van der Waals surface area (Å²) in [7, 11) is 0. The average Bonchev–Trinajstić information content (AvgIpc) is 3.47. The molecule has 12 aromatic carbocycles. The molecule has 404 valence electrons. The van der Waals surface area contributed by atoms with E-state index < -0.39 is 0 Å². The first-order valence-corrected chi connectivity index (χ1v) is 28.8. The van der Waals surface area contributed by atoms with Gasteiger partial charge in [0.2, 0.25) is 0 Å². The summed E-state index contributed by atoms with van der Waals surface area (Å²) >= 11 is 0. The van der Waals surface area contributed by atoms with Gasteiger partial charge in [0.1, 0.15) is 0 Å². The van der Waals surface area contributed by atoms with E-state index in [2.05, 4.69) is 338 Å². The minimum absolute atomic E-state index is 0.0647. The number of fused-ring (bicyclic) bond motifs is 3. The highest BCUT2D eigenvalue weighted by Gasteiger charge is 2.21. The molecular weight excluding hydrogens is 993 g/mol. The normalized spacial score (nSPS) is 12.0. The third kappa shape index (κ3) is 11.0. The molecule has 0 saturated heterocycles. The van der Waals surface area contributed by atoms with Gasteiger partial charge in [0.05, 0.1) is 0 Å². The van der Waals surface area contributed by atoms with Crippen molar-refractivity contribution in [3.05, 3.63) is 271 Å². The third-order valence-corrected chi connectivity index (χ3v) is 16.1. The molecule has 0 unspecified atom stereocenters. The molecule has 0 aliphatic carbocycles. The van der Waals surface area contributed by atoms with Crippen LogP contribution in [0, 0.1) is 0 Å². The molecule has 12 aromatic rings. The Hall–Kier alpha value is -9.38. The summed E-state index contributed by atoms with van der Waals surface area (Å²) in [5.74, 6) is 0. The second kappa shape index (κ2) is 21.6. The first kappa shape index (κ1) is 53.3. The minimum Gasteiger partial charge on any atom is -0.355 e. The number of nitrogens with zero attached hydrogens (tertiary/aromatic N) is 1. The Morgan fingerprint density at radius 1 is 0.244 bits per heavy atom. The number of anilines is 9. The van der Waals surface area contributed by atoms with Gasteiger partial charge in [0.25, 0.3) is 0 Å². The molecule has 12 rings (SSSR count). The van der Waals surface area contributed by atoms with Crippen molar-refractivity contribution in [3.63, 3.8) is 0 Å². The Morgan fingerprint density at radius 3 is 0.732 bits per heavy atom. The fourth-order valence-corrected chi connectivity index (χ4v) is 11.5. The minimum atomic E-state index is 0.0647. The van der Waals surface area contributed by atoms with E-state index in [-0.39, 0.29) is 16.2 Å². The Bertz CT molecular complexity index is 3790. The van der Waals surface area contributed by atoms with E-state index in [9.17, 15) is 0 Å². The van der Waals surface area contributed by atoms with Crippen LogP contribution in [0.4, 0.5) is 51.2 Å². The van der Waals surface area contributed by atoms with Gasteiger partial charge >= 0.3 is 0 Å². The molecule has 4 nitrogen and oxygen atoms in total. The molecule has 0 atom stereocenters. The second-order valence-corrected chi connectivity index (χ2v) is 25.0. The van der Waals surface area contributed by atoms with Gasteiger partial charge < -0.3 is 20.9 Å². The van der Waals surface area contributed by atoms with Gasteiger partial charge in [-0.15, -0.1) is 0 Å². The lowest BCUT2D eigenvalue weighted by atomic mass is 9.85. The summed E-state index contributed by atoms with van der Waals surface area (Å²) < 4.78 is 0. The molecule has 0 heterocycles. The van der Waals surface area contributed by atoms with Crippen LogP contribution in [0.1, 0.15) is 79.0 Å². The van der Waals surface area contributed by atoms with Crippen molar-refractivity contribution in [2.24, 2.45) is 0 Å². The van der Waals surface area contributed by atoms with Crippen molar-refractivity contribution in [3.8, 4) is 33.4 Å². The summed E-state index contributed by atoms with van der Waals surface area (Å²) in [4.78, 5) is 2.34. The highest BCUT2D eigenvalue weighted by molar-refractivity contribution is 6.06. The second-order valence-electron chi connectivity index (χ2n) is 25.0. The zero-order chi connectivity index (χ0) is 56.8. The molecule has 82 heavy (non-hydrogen) atoms. The summed E-state index contributed by atoms with van der Waals surface area (Å²) in [6.45, 7) is 20.4. The van der Waals surface area contributed by atoms with Crippen LogP contribution in [0.15, 0.2) is 255 Å². The number of hydrogen-bond donors (Lipinski definition) is 3. The topological polar surface area (TPSA) is 39.3 Å². The summed E-state index contributed by atoms with van der Waals surface area (Å²) in [6.07, 6.45) is 0. The monoisotopic (exact) mass is 1060 g/mol. The lowest BCUT2D eigenvalue weighted by Crippen LogP contribution is -2.10. The van der Waals surface area contributed by atoms with E-state index in [0.717, 1.165) is 51.2 Å². The lowest BCUT2D eigenvalue weighted by Gasteiger charge is -2.26. The Balaban J connectivity index is 0.895. The number of rotatable bonds is 12. The fourth-order valence-electron chi connectivity index (χ4n) is 11.5. The van der Waals surface area contributed by atoms with Crippen LogP contribution in [0.5, 0.6) is 0 Å². The Kier molecular flexibility index (Phi) is 14.0. The van der Waals surface area contributed by atoms with Crippen molar-refractivity contribution < 1.29 is 0 Å². The van der Waals surface area contributed by atoms with Crippen LogP contribution in [-0.2, 0) is 16.2 Å². The van der Waals surface area contributed by atoms with Gasteiger partial charge in [-0.2, -0.15) is 0 Å². The van der Waals surface area contributed by atoms with Crippen LogP contribution in [0.3, 0.4) is 0 Å². The van der Waals surface area contributed by atoms with E-state index in [1.54, 1.807) is 0 Å². The van der Waals surface area contributed by atoms with Gasteiger partial charge in [-0.1, -0.05) is 226 Å². The fraction of sp³-hybridized carbons (Fsp3) is 0.154. The largest absolute Gasteiger partial charge is 0.355 e. The standard InChI is InChI=1S/C78H72N4/c1-76(2,3)58-31-22-55(23-32-58)73-67-19-13-10-16-52(67)28-49-70(73)79-61-37-43-64(44-38-61)82(65-45-39-62(40-46-65)80-71-50-29-53-17-11-14-20-68(53)74(71)56-24-33-59(34-25-56)77(4,5)6)66-47-41-63(42-48-66)81-72-51-30-54-18-12-15-21-69(54)75(72)57-26-35-60(36-27-57)78(7,8)9/h10-51,79-81H,1-9H3. The van der Waals surface area contributed by atoms with Crippen molar-refractivity contribution >= 4 is 83.5 Å². The maximum absolute atomic E-state index is 3.85. The third-order valence-electron chi connectivity index (χ3n) is 16.1. The van der Waals surface area contributed by atoms with E-state index in [1.165, 1.54) is 82.4 Å². The van der Waals surface area contributed by atoms with Gasteiger partial charge in [-0.25, -0.2) is 0 Å². The maximum Gasteiger partial charge on any atom is 0.0470 e. The van der Waals surface area contributed by atoms with Gasteiger partial charge in [0, 0.05) is 67.9 Å². The van der Waals surface area contributed by atoms with Gasteiger partial charge in [-0.05, 0) is 173 Å². The van der Waals surface area contributed by atoms with Crippen molar-refractivity contribution in [2.45, 2.75) is 78.6 Å². The van der Waals surface area contributed by atoms with E-state index in [1.807, 2.05) is 0 Å². The zero-order valence-corrected chi connectivity index (χ0v) is 48.7. The first-order valence-electron chi connectivity index (χ1n) is 28.8. The number of hydrogen-bond acceptors (Lipinski definition) is 4. The quantitative estimate of drug-likeness (QED) is 0.114. The highest BCUT2D eigenvalue weighted by atomic mass is 15.1. The van der Waals surface area contributed by atoms with E-state index in [0.29, 0.717) is 0 Å². The predicted octanol–water partition coefficient (Wildman–Crippen LogP) is 22.7. The van der Waals surface area contributed by atoms with E-state index >= 15 is 0 Å². The van der Waals surface area contributed by atoms with Crippen LogP contribution in [0.2, 0.25) is 0 Å². The summed E-state index contributed by atoms with van der Waals surface area (Å²) in [6, 6.07) is 93.1. The molecule has 0 aromatic heterocycles. The van der Waals surface area contributed by atoms with Crippen LogP contribution in [-0.4, -0.2) is 0 Å². The molecule has 3 N–H and O–H groups in total. The zero-order valence-electron chi connectivity index (χ0n) is 48.7. The Morgan fingerprint density at radius 2 is 0.488 bits per heavy atom. The molecule has 0 saturated carbocycles. The van der Waals surface area contributed by atoms with E-state index in [4.69, 9.17) is 0 Å². The SMILES string of the molecule is CC(C)(C)c1ccc(-c2c(Nc3ccc(N(c4ccc(Nc5ccc6ccccc6c5-c5ccc(C(C)(C)C)cc5)cc4)c4ccc(Nc5ccc6ccccc6c5-c5ccc(C(C)(C)C)cc5)cc4)cc3)ccc3ccccc23)cc1. The smallest absolute Gasteiger partial charge is 0.0470 e. The highest BCUT2D eigenvalue weighted by Crippen LogP contribution is 2.44. The molecule has 0 aliphatic heterocycles. The summed E-state index contributed by atoms with van der Waals surface area (Å²) in [5, 5.41) is 18.8. The maximum atomic E-state index is 3.85.